The van der Waals surface area contributed by atoms with Gasteiger partial charge in [-0.2, -0.15) is 0 Å². The Balaban J connectivity index is 1.86. The summed E-state index contributed by atoms with van der Waals surface area (Å²) in [6.07, 6.45) is 4.03. The maximum Gasteiger partial charge on any atom is 0.211 e. The van der Waals surface area contributed by atoms with Crippen molar-refractivity contribution in [2.24, 2.45) is 0 Å². The highest BCUT2D eigenvalue weighted by Gasteiger charge is 2.09. The van der Waals surface area contributed by atoms with Gasteiger partial charge in [-0.05, 0) is 37.3 Å². The third-order valence-corrected chi connectivity index (χ3v) is 4.73. The van der Waals surface area contributed by atoms with Gasteiger partial charge in [-0.25, -0.2) is 9.97 Å². The topological polar surface area (TPSA) is 27.0 Å². The normalized spacial score (nSPS) is 10.1. The maximum atomic E-state index is 4.35. The van der Waals surface area contributed by atoms with Gasteiger partial charge in [0.05, 0.1) is 16.1 Å². The van der Waals surface area contributed by atoms with Crippen LogP contribution in [0.4, 0.5) is 0 Å². The largest absolute Gasteiger partial charge is 0.233 e. The molecule has 0 spiro atoms. The molecule has 3 aromatic rings. The van der Waals surface area contributed by atoms with Crippen molar-refractivity contribution in [2.75, 3.05) is 6.26 Å². The Hall–Kier alpha value is -2.09. The van der Waals surface area contributed by atoms with Crippen LogP contribution in [0.25, 0.3) is 11.3 Å². The molecule has 0 amide bonds. The van der Waals surface area contributed by atoms with E-state index in [0.29, 0.717) is 0 Å². The lowest BCUT2D eigenvalue weighted by molar-refractivity contribution is -0.365. The van der Waals surface area contributed by atoms with Crippen molar-refractivity contribution in [2.45, 2.75) is 11.8 Å². The van der Waals surface area contributed by atoms with Gasteiger partial charge in [0, 0.05) is 16.3 Å². The van der Waals surface area contributed by atoms with Crippen LogP contribution in [0.5, 0.6) is 0 Å². The number of aromatic nitrogens is 2. The van der Waals surface area contributed by atoms with E-state index in [-0.39, 0.29) is 0 Å². The molecule has 2 aromatic heterocycles. The summed E-state index contributed by atoms with van der Waals surface area (Å²) in [7, 11) is 0. The van der Waals surface area contributed by atoms with Crippen molar-refractivity contribution >= 4 is 23.1 Å². The number of aryl methyl sites for hydroxylation is 1. The maximum absolute atomic E-state index is 4.35. The number of thioether (sulfide) groups is 1. The van der Waals surface area contributed by atoms with E-state index in [0.717, 1.165) is 22.0 Å². The van der Waals surface area contributed by atoms with E-state index in [1.54, 1.807) is 23.1 Å². The molecule has 1 aromatic carbocycles. The lowest BCUT2D eigenvalue weighted by atomic mass is 10.1. The average molecular weight is 323 g/mol. The molecular weight excluding hydrogens is 308 g/mol. The minimum Gasteiger partial charge on any atom is -0.233 e. The van der Waals surface area contributed by atoms with Crippen LogP contribution in [0.1, 0.15) is 16.3 Å². The summed E-state index contributed by atoms with van der Waals surface area (Å²) in [6.45, 7) is 1.99. The first kappa shape index (κ1) is 14.8. The van der Waals surface area contributed by atoms with Gasteiger partial charge < -0.3 is 0 Å². The summed E-state index contributed by atoms with van der Waals surface area (Å²) in [6, 6.07) is 12.5. The fourth-order valence-electron chi connectivity index (χ4n) is 2.09. The first-order chi connectivity index (χ1) is 10.8. The lowest BCUT2D eigenvalue weighted by Gasteiger charge is -2.02. The van der Waals surface area contributed by atoms with Crippen molar-refractivity contribution in [1.82, 2.24) is 4.98 Å². The highest BCUT2D eigenvalue weighted by molar-refractivity contribution is 7.98. The molecular formula is C18H15N2S2+. The van der Waals surface area contributed by atoms with E-state index in [9.17, 15) is 0 Å². The summed E-state index contributed by atoms with van der Waals surface area (Å²) in [5, 5.41) is 3.02. The third kappa shape index (κ3) is 3.38. The number of aromatic amines is 1. The molecule has 22 heavy (non-hydrogen) atoms. The van der Waals surface area contributed by atoms with E-state index in [1.165, 1.54) is 10.5 Å². The van der Waals surface area contributed by atoms with Crippen molar-refractivity contribution in [1.29, 1.82) is 0 Å². The second-order valence-electron chi connectivity index (χ2n) is 4.69. The molecule has 0 radical (unpaired) electrons. The molecule has 0 aliphatic heterocycles. The van der Waals surface area contributed by atoms with Crippen molar-refractivity contribution in [3.8, 4) is 23.1 Å². The highest BCUT2D eigenvalue weighted by atomic mass is 32.2. The number of benzene rings is 1. The van der Waals surface area contributed by atoms with Crippen molar-refractivity contribution < 1.29 is 4.98 Å². The zero-order valence-corrected chi connectivity index (χ0v) is 14.0. The van der Waals surface area contributed by atoms with Crippen LogP contribution < -0.4 is 4.98 Å². The number of pyridine rings is 1. The SMILES string of the molecule is CSc1ccccc1-c1ccc(C#Cc2csc(C)n2)c[nH+]1. The van der Waals surface area contributed by atoms with Crippen LogP contribution in [0.2, 0.25) is 0 Å². The monoisotopic (exact) mass is 323 g/mol. The molecule has 2 nitrogen and oxygen atoms in total. The Bertz CT molecular complexity index is 839. The van der Waals surface area contributed by atoms with Crippen LogP contribution >= 0.6 is 23.1 Å². The molecule has 0 atom stereocenters. The van der Waals surface area contributed by atoms with E-state index < -0.39 is 0 Å². The molecule has 0 fully saturated rings. The van der Waals surface area contributed by atoms with Crippen LogP contribution in [-0.4, -0.2) is 11.2 Å². The van der Waals surface area contributed by atoms with Crippen molar-refractivity contribution in [3.63, 3.8) is 0 Å². The van der Waals surface area contributed by atoms with Gasteiger partial charge in [-0.15, -0.1) is 23.1 Å². The van der Waals surface area contributed by atoms with E-state index in [2.05, 4.69) is 58.4 Å². The van der Waals surface area contributed by atoms with E-state index in [4.69, 9.17) is 0 Å². The van der Waals surface area contributed by atoms with Gasteiger partial charge in [0.15, 0.2) is 6.20 Å². The van der Waals surface area contributed by atoms with Crippen LogP contribution in [0.3, 0.4) is 0 Å². The second-order valence-corrected chi connectivity index (χ2v) is 6.60. The fraction of sp³-hybridized carbons (Fsp3) is 0.111. The zero-order chi connectivity index (χ0) is 15.4. The van der Waals surface area contributed by atoms with E-state index >= 15 is 0 Å². The van der Waals surface area contributed by atoms with Gasteiger partial charge in [-0.1, -0.05) is 18.1 Å². The predicted octanol–water partition coefficient (Wildman–Crippen LogP) is 4.05. The Morgan fingerprint density at radius 3 is 2.68 bits per heavy atom. The van der Waals surface area contributed by atoms with Gasteiger partial charge >= 0.3 is 0 Å². The summed E-state index contributed by atoms with van der Waals surface area (Å²) in [5.74, 6) is 6.23. The molecule has 3 rings (SSSR count). The highest BCUT2D eigenvalue weighted by Crippen LogP contribution is 2.27. The molecule has 0 aliphatic carbocycles. The Morgan fingerprint density at radius 1 is 1.14 bits per heavy atom. The summed E-state index contributed by atoms with van der Waals surface area (Å²) in [5.41, 5.74) is 4.10. The van der Waals surface area contributed by atoms with Gasteiger partial charge in [0.2, 0.25) is 5.69 Å². The number of H-pyrrole nitrogens is 1. The molecule has 0 bridgehead atoms. The third-order valence-electron chi connectivity index (χ3n) is 3.16. The minimum absolute atomic E-state index is 0.833. The summed E-state index contributed by atoms with van der Waals surface area (Å²) >= 11 is 3.37. The van der Waals surface area contributed by atoms with Crippen LogP contribution in [-0.2, 0) is 0 Å². The van der Waals surface area contributed by atoms with Crippen LogP contribution in [0.15, 0.2) is 52.9 Å². The average Bonchev–Trinajstić information content (AvgIpc) is 2.99. The minimum atomic E-state index is 0.833. The van der Waals surface area contributed by atoms with E-state index in [1.807, 2.05) is 24.6 Å². The number of hydrogen-bond acceptors (Lipinski definition) is 3. The predicted molar refractivity (Wildman–Crippen MR) is 93.0 cm³/mol. The Labute approximate surface area is 138 Å². The zero-order valence-electron chi connectivity index (χ0n) is 12.4. The Morgan fingerprint density at radius 2 is 2.00 bits per heavy atom. The molecule has 108 valence electrons. The van der Waals surface area contributed by atoms with Gasteiger partial charge in [0.25, 0.3) is 0 Å². The quantitative estimate of drug-likeness (QED) is 0.525. The fourth-order valence-corrected chi connectivity index (χ4v) is 3.25. The number of thiazole rings is 1. The molecule has 0 saturated heterocycles. The number of nitrogens with zero attached hydrogens (tertiary/aromatic N) is 1. The molecule has 4 heteroatoms. The standard InChI is InChI=1S/C18H14N2S2/c1-13-20-15(12-22-13)9-7-14-8-10-17(19-11-14)16-5-3-4-6-18(16)21-2/h3-6,8,10-12H,1-2H3/p+1. The van der Waals surface area contributed by atoms with Gasteiger partial charge in [-0.3, -0.25) is 0 Å². The first-order valence-electron chi connectivity index (χ1n) is 6.85. The molecule has 0 saturated carbocycles. The summed E-state index contributed by atoms with van der Waals surface area (Å²) < 4.78 is 0. The first-order valence-corrected chi connectivity index (χ1v) is 8.96. The summed E-state index contributed by atoms with van der Waals surface area (Å²) in [4.78, 5) is 8.94. The van der Waals surface area contributed by atoms with Gasteiger partial charge in [0.1, 0.15) is 5.69 Å². The molecule has 1 N–H and O–H groups in total. The Kier molecular flexibility index (Phi) is 4.57. The molecule has 0 aliphatic rings. The number of hydrogen-bond donors (Lipinski definition) is 0. The number of nitrogens with one attached hydrogen (secondary N) is 1. The van der Waals surface area contributed by atoms with Crippen LogP contribution in [0, 0.1) is 18.8 Å². The molecule has 0 unspecified atom stereocenters. The lowest BCUT2D eigenvalue weighted by Crippen LogP contribution is -2.07. The second kappa shape index (κ2) is 6.78. The number of rotatable bonds is 2. The smallest absolute Gasteiger partial charge is 0.211 e. The molecule has 2 heterocycles. The van der Waals surface area contributed by atoms with Crippen molar-refractivity contribution in [3.05, 3.63) is 64.2 Å².